The van der Waals surface area contributed by atoms with E-state index in [1.54, 1.807) is 0 Å². The summed E-state index contributed by atoms with van der Waals surface area (Å²) in [6.45, 7) is 1.60. The number of halogens is 1. The predicted octanol–water partition coefficient (Wildman–Crippen LogP) is 1.07. The lowest BCUT2D eigenvalue weighted by atomic mass is 10.1. The van der Waals surface area contributed by atoms with Crippen LogP contribution in [0.3, 0.4) is 0 Å². The second kappa shape index (κ2) is 2.91. The van der Waals surface area contributed by atoms with Gasteiger partial charge in [0, 0.05) is 12.5 Å². The molecule has 1 aromatic rings. The molecule has 0 amide bonds. The molecule has 0 spiro atoms. The van der Waals surface area contributed by atoms with E-state index in [2.05, 4.69) is 31.1 Å². The van der Waals surface area contributed by atoms with Crippen molar-refractivity contribution >= 4 is 15.9 Å². The van der Waals surface area contributed by atoms with Crippen LogP contribution in [0.15, 0.2) is 4.73 Å². The summed E-state index contributed by atoms with van der Waals surface area (Å²) in [6.07, 6.45) is 1.04. The summed E-state index contributed by atoms with van der Waals surface area (Å²) in [5.41, 5.74) is 0. The fourth-order valence-electron chi connectivity index (χ4n) is 1.19. The Morgan fingerprint density at radius 2 is 2.55 bits per heavy atom. The molecule has 1 unspecified atom stereocenters. The number of hydrogen-bond acceptors (Lipinski definition) is 3. The van der Waals surface area contributed by atoms with Gasteiger partial charge in [0.15, 0.2) is 0 Å². The Bertz CT molecular complexity index is 244. The molecule has 0 aliphatic carbocycles. The monoisotopic (exact) mass is 217 g/mol. The standard InChI is InChI=1S/C6H8BrN3O/c7-6-8-5(9-10-6)4-1-2-11-3-4/h4H,1-3H2,(H,8,9,10). The lowest BCUT2D eigenvalue weighted by molar-refractivity contribution is 0.193. The van der Waals surface area contributed by atoms with E-state index in [9.17, 15) is 0 Å². The van der Waals surface area contributed by atoms with Gasteiger partial charge in [-0.05, 0) is 22.4 Å². The van der Waals surface area contributed by atoms with Gasteiger partial charge < -0.3 is 4.74 Å². The molecule has 0 saturated carbocycles. The fraction of sp³-hybridized carbons (Fsp3) is 0.667. The Hall–Kier alpha value is -0.420. The first kappa shape index (κ1) is 7.24. The molecule has 1 fully saturated rings. The lowest BCUT2D eigenvalue weighted by Crippen LogP contribution is -1.99. The van der Waals surface area contributed by atoms with Gasteiger partial charge in [0.2, 0.25) is 4.73 Å². The molecular formula is C6H8BrN3O. The van der Waals surface area contributed by atoms with E-state index in [0.717, 1.165) is 25.5 Å². The van der Waals surface area contributed by atoms with Crippen LogP contribution in [0, 0.1) is 0 Å². The van der Waals surface area contributed by atoms with E-state index in [1.165, 1.54) is 0 Å². The molecule has 2 heterocycles. The van der Waals surface area contributed by atoms with Crippen LogP contribution >= 0.6 is 15.9 Å². The highest BCUT2D eigenvalue weighted by Gasteiger charge is 2.20. The van der Waals surface area contributed by atoms with Crippen molar-refractivity contribution in [1.29, 1.82) is 0 Å². The van der Waals surface area contributed by atoms with Crippen molar-refractivity contribution < 1.29 is 4.74 Å². The van der Waals surface area contributed by atoms with Crippen molar-refractivity contribution in [2.45, 2.75) is 12.3 Å². The van der Waals surface area contributed by atoms with E-state index >= 15 is 0 Å². The third kappa shape index (κ3) is 1.44. The van der Waals surface area contributed by atoms with E-state index in [-0.39, 0.29) is 0 Å². The largest absolute Gasteiger partial charge is 0.381 e. The van der Waals surface area contributed by atoms with Gasteiger partial charge >= 0.3 is 0 Å². The summed E-state index contributed by atoms with van der Waals surface area (Å²) >= 11 is 3.18. The highest BCUT2D eigenvalue weighted by Crippen LogP contribution is 2.22. The first-order valence-electron chi connectivity index (χ1n) is 3.52. The minimum atomic E-state index is 0.411. The van der Waals surface area contributed by atoms with Crippen LogP contribution in [-0.4, -0.2) is 28.4 Å². The third-order valence-electron chi connectivity index (χ3n) is 1.79. The van der Waals surface area contributed by atoms with Gasteiger partial charge in [0.05, 0.1) is 6.61 Å². The number of aromatic nitrogens is 3. The number of nitrogens with one attached hydrogen (secondary N) is 1. The molecule has 2 rings (SSSR count). The van der Waals surface area contributed by atoms with Gasteiger partial charge in [-0.2, -0.15) is 0 Å². The van der Waals surface area contributed by atoms with Crippen LogP contribution in [-0.2, 0) is 4.74 Å². The maximum absolute atomic E-state index is 5.22. The molecule has 4 nitrogen and oxygen atoms in total. The van der Waals surface area contributed by atoms with Gasteiger partial charge in [-0.15, -0.1) is 5.10 Å². The maximum atomic E-state index is 5.22. The molecule has 1 aromatic heterocycles. The summed E-state index contributed by atoms with van der Waals surface area (Å²) in [6, 6.07) is 0. The Labute approximate surface area is 72.5 Å². The van der Waals surface area contributed by atoms with Crippen molar-refractivity contribution in [1.82, 2.24) is 15.2 Å². The molecule has 60 valence electrons. The van der Waals surface area contributed by atoms with Crippen LogP contribution in [0.1, 0.15) is 18.2 Å². The van der Waals surface area contributed by atoms with Crippen LogP contribution in [0.5, 0.6) is 0 Å². The molecule has 0 bridgehead atoms. The summed E-state index contributed by atoms with van der Waals surface area (Å²) in [5, 5.41) is 6.75. The Balaban J connectivity index is 2.15. The summed E-state index contributed by atoms with van der Waals surface area (Å²) in [4.78, 5) is 4.16. The first-order valence-corrected chi connectivity index (χ1v) is 4.31. The van der Waals surface area contributed by atoms with Gasteiger partial charge in [0.1, 0.15) is 5.82 Å². The predicted molar refractivity (Wildman–Crippen MR) is 42.3 cm³/mol. The second-order valence-electron chi connectivity index (χ2n) is 2.55. The van der Waals surface area contributed by atoms with Crippen molar-refractivity contribution in [3.05, 3.63) is 10.6 Å². The molecular weight excluding hydrogens is 210 g/mol. The van der Waals surface area contributed by atoms with Gasteiger partial charge in [0.25, 0.3) is 0 Å². The van der Waals surface area contributed by atoms with Gasteiger partial charge in [-0.25, -0.2) is 4.98 Å². The summed E-state index contributed by atoms with van der Waals surface area (Å²) < 4.78 is 5.84. The van der Waals surface area contributed by atoms with Crippen LogP contribution in [0.2, 0.25) is 0 Å². The second-order valence-corrected chi connectivity index (χ2v) is 3.26. The zero-order chi connectivity index (χ0) is 7.68. The maximum Gasteiger partial charge on any atom is 0.217 e. The Kier molecular flexibility index (Phi) is 1.91. The minimum absolute atomic E-state index is 0.411. The number of ether oxygens (including phenoxy) is 1. The van der Waals surface area contributed by atoms with Crippen LogP contribution in [0.4, 0.5) is 0 Å². The zero-order valence-corrected chi connectivity index (χ0v) is 7.47. The van der Waals surface area contributed by atoms with E-state index < -0.39 is 0 Å². The third-order valence-corrected chi connectivity index (χ3v) is 2.15. The van der Waals surface area contributed by atoms with E-state index in [1.807, 2.05) is 0 Å². The number of hydrogen-bond donors (Lipinski definition) is 1. The number of aromatic amines is 1. The summed E-state index contributed by atoms with van der Waals surface area (Å²) in [7, 11) is 0. The molecule has 5 heteroatoms. The van der Waals surface area contributed by atoms with Crippen molar-refractivity contribution in [2.75, 3.05) is 13.2 Å². The molecule has 1 saturated heterocycles. The first-order chi connectivity index (χ1) is 5.36. The van der Waals surface area contributed by atoms with Crippen molar-refractivity contribution in [2.24, 2.45) is 0 Å². The average Bonchev–Trinajstić information content (AvgIpc) is 2.55. The van der Waals surface area contributed by atoms with Crippen LogP contribution < -0.4 is 0 Å². The molecule has 1 aliphatic rings. The van der Waals surface area contributed by atoms with Crippen molar-refractivity contribution in [3.8, 4) is 0 Å². The molecule has 1 atom stereocenters. The zero-order valence-electron chi connectivity index (χ0n) is 5.88. The van der Waals surface area contributed by atoms with Crippen molar-refractivity contribution in [3.63, 3.8) is 0 Å². The van der Waals surface area contributed by atoms with E-state index in [0.29, 0.717) is 10.7 Å². The topological polar surface area (TPSA) is 50.8 Å². The number of rotatable bonds is 1. The Morgan fingerprint density at radius 3 is 3.09 bits per heavy atom. The summed E-state index contributed by atoms with van der Waals surface area (Å²) in [5.74, 6) is 1.34. The molecule has 1 N–H and O–H groups in total. The highest BCUT2D eigenvalue weighted by atomic mass is 79.9. The Morgan fingerprint density at radius 1 is 1.64 bits per heavy atom. The number of nitrogens with zero attached hydrogens (tertiary/aromatic N) is 2. The fourth-order valence-corrected chi connectivity index (χ4v) is 1.47. The highest BCUT2D eigenvalue weighted by molar-refractivity contribution is 9.10. The van der Waals surface area contributed by atoms with Crippen LogP contribution in [0.25, 0.3) is 0 Å². The normalized spacial score (nSPS) is 24.3. The van der Waals surface area contributed by atoms with Gasteiger partial charge in [-0.1, -0.05) is 0 Å². The van der Waals surface area contributed by atoms with E-state index in [4.69, 9.17) is 4.74 Å². The van der Waals surface area contributed by atoms with Gasteiger partial charge in [-0.3, -0.25) is 5.10 Å². The molecule has 0 radical (unpaired) electrons. The molecule has 1 aliphatic heterocycles. The molecule has 11 heavy (non-hydrogen) atoms. The smallest absolute Gasteiger partial charge is 0.217 e. The lowest BCUT2D eigenvalue weighted by Gasteiger charge is -1.99. The SMILES string of the molecule is Brc1n[nH]c(C2CCOC2)n1. The average molecular weight is 218 g/mol. The number of H-pyrrole nitrogens is 1. The quantitative estimate of drug-likeness (QED) is 0.766. The molecule has 0 aromatic carbocycles. The minimum Gasteiger partial charge on any atom is -0.381 e.